The fourth-order valence-electron chi connectivity index (χ4n) is 5.19. The molecule has 0 unspecified atom stereocenters. The van der Waals surface area contributed by atoms with Crippen molar-refractivity contribution in [2.75, 3.05) is 33.4 Å². The number of fused-ring (bicyclic) bond motifs is 1. The Bertz CT molecular complexity index is 1640. The van der Waals surface area contributed by atoms with Gasteiger partial charge in [-0.05, 0) is 37.3 Å². The first kappa shape index (κ1) is 29.3. The smallest absolute Gasteiger partial charge is 0.433 e. The highest BCUT2D eigenvalue weighted by Crippen LogP contribution is 2.37. The molecule has 1 amide bonds. The largest absolute Gasteiger partial charge is 0.497 e. The van der Waals surface area contributed by atoms with Gasteiger partial charge in [0.1, 0.15) is 17.1 Å². The van der Waals surface area contributed by atoms with Crippen molar-refractivity contribution in [3.63, 3.8) is 0 Å². The number of rotatable bonds is 6. The van der Waals surface area contributed by atoms with Crippen LogP contribution in [0.25, 0.3) is 16.9 Å². The highest BCUT2D eigenvalue weighted by molar-refractivity contribution is 6.00. The Morgan fingerprint density at radius 3 is 2.48 bits per heavy atom. The molecule has 0 aliphatic carbocycles. The number of ether oxygens (including phenoxy) is 1. The van der Waals surface area contributed by atoms with Crippen LogP contribution in [-0.2, 0) is 12.7 Å². The lowest BCUT2D eigenvalue weighted by Crippen LogP contribution is -2.56. The number of carbonyl (C=O) groups excluding carboxylic acids is 1. The number of alkyl halides is 3. The summed E-state index contributed by atoms with van der Waals surface area (Å²) in [5, 5.41) is 13.9. The van der Waals surface area contributed by atoms with Gasteiger partial charge in [-0.2, -0.15) is 18.3 Å². The number of halogens is 6. The number of carbonyl (C=O) groups is 1. The van der Waals surface area contributed by atoms with Gasteiger partial charge in [0.2, 0.25) is 0 Å². The lowest BCUT2D eigenvalue weighted by Gasteiger charge is -2.40. The van der Waals surface area contributed by atoms with Crippen molar-refractivity contribution in [3.05, 3.63) is 82.4 Å². The summed E-state index contributed by atoms with van der Waals surface area (Å²) in [7, 11) is 1.45. The van der Waals surface area contributed by atoms with Crippen molar-refractivity contribution in [1.29, 1.82) is 0 Å². The van der Waals surface area contributed by atoms with Crippen LogP contribution < -0.4 is 4.74 Å². The number of aromatic nitrogens is 3. The first-order valence-electron chi connectivity index (χ1n) is 12.8. The van der Waals surface area contributed by atoms with Crippen LogP contribution in [-0.4, -0.2) is 74.8 Å². The summed E-state index contributed by atoms with van der Waals surface area (Å²) in [5.41, 5.74) is -1.67. The minimum Gasteiger partial charge on any atom is -0.497 e. The van der Waals surface area contributed by atoms with Gasteiger partial charge in [-0.3, -0.25) is 9.69 Å². The Labute approximate surface area is 235 Å². The van der Waals surface area contributed by atoms with Gasteiger partial charge in [0, 0.05) is 48.9 Å². The summed E-state index contributed by atoms with van der Waals surface area (Å²) in [6.07, 6.45) is -3.83. The molecule has 14 heteroatoms. The van der Waals surface area contributed by atoms with Crippen LogP contribution in [0.1, 0.15) is 27.2 Å². The molecule has 3 heterocycles. The summed E-state index contributed by atoms with van der Waals surface area (Å²) in [6.45, 7) is 0.693. The van der Waals surface area contributed by atoms with Gasteiger partial charge < -0.3 is 14.7 Å². The molecule has 2 aromatic heterocycles. The van der Waals surface area contributed by atoms with Gasteiger partial charge in [-0.1, -0.05) is 0 Å². The van der Waals surface area contributed by atoms with E-state index in [1.54, 1.807) is 29.2 Å². The van der Waals surface area contributed by atoms with Crippen LogP contribution in [0.15, 0.2) is 42.6 Å². The molecular formula is C28H25F6N5O3. The lowest BCUT2D eigenvalue weighted by atomic mass is 10.0. The maximum atomic E-state index is 14.3. The molecule has 1 aliphatic heterocycles. The average Bonchev–Trinajstić information content (AvgIpc) is 3.37. The zero-order valence-corrected chi connectivity index (χ0v) is 22.4. The number of amides is 1. The zero-order valence-electron chi connectivity index (χ0n) is 22.4. The van der Waals surface area contributed by atoms with Crippen LogP contribution in [0.4, 0.5) is 26.3 Å². The van der Waals surface area contributed by atoms with E-state index in [0.717, 1.165) is 12.3 Å². The number of methoxy groups -OCH3 is 1. The lowest BCUT2D eigenvalue weighted by molar-refractivity contribution is -0.143. The van der Waals surface area contributed by atoms with E-state index < -0.39 is 47.9 Å². The average molecular weight is 594 g/mol. The Balaban J connectivity index is 1.49. The van der Waals surface area contributed by atoms with E-state index >= 15 is 0 Å². The molecule has 1 aliphatic rings. The van der Waals surface area contributed by atoms with Gasteiger partial charge in [0.05, 0.1) is 31.6 Å². The minimum absolute atomic E-state index is 0.0000854. The van der Waals surface area contributed by atoms with E-state index in [-0.39, 0.29) is 54.2 Å². The van der Waals surface area contributed by atoms with Gasteiger partial charge in [-0.15, -0.1) is 0 Å². The molecule has 42 heavy (non-hydrogen) atoms. The number of aliphatic hydroxyl groups is 1. The van der Waals surface area contributed by atoms with E-state index in [4.69, 9.17) is 4.74 Å². The number of hydrogen-bond donors (Lipinski definition) is 1. The predicted molar refractivity (Wildman–Crippen MR) is 138 cm³/mol. The van der Waals surface area contributed by atoms with Gasteiger partial charge in [0.25, 0.3) is 5.91 Å². The Morgan fingerprint density at radius 1 is 1.12 bits per heavy atom. The number of nitrogens with zero attached hydrogens (tertiary/aromatic N) is 5. The molecule has 0 saturated carbocycles. The van der Waals surface area contributed by atoms with Crippen LogP contribution >= 0.6 is 0 Å². The second kappa shape index (κ2) is 11.2. The highest BCUT2D eigenvalue weighted by atomic mass is 19.4. The van der Waals surface area contributed by atoms with Crippen molar-refractivity contribution in [1.82, 2.24) is 24.4 Å². The fraction of sp³-hybridized carbons (Fsp3) is 0.321. The standard InChI is InChI=1S/C28H25F6N5O3/c1-15-24(16-3-5-20(42-2)6-4-16)36-26-21(11-35-39(26)25(15)28(32,33)34)27(41)38-8-7-37(13-19(38)14-40)12-17-9-18(29)10-22(30)23(17)31/h3-6,9-11,19,40H,7-8,12-14H2,1-2H3/t19-/m0/s1. The SMILES string of the molecule is COc1ccc(-c2nc3c(C(=O)N4CCN(Cc5cc(F)cc(F)c5F)C[C@H]4CO)cnn3c(C(F)(F)F)c2C)cc1. The maximum Gasteiger partial charge on any atom is 0.433 e. The molecule has 0 spiro atoms. The van der Waals surface area contributed by atoms with E-state index in [2.05, 4.69) is 10.1 Å². The van der Waals surface area contributed by atoms with Crippen molar-refractivity contribution in [3.8, 4) is 17.0 Å². The third-order valence-electron chi connectivity index (χ3n) is 7.25. The molecule has 8 nitrogen and oxygen atoms in total. The second-order valence-corrected chi connectivity index (χ2v) is 9.88. The number of aliphatic hydroxyl groups excluding tert-OH is 1. The van der Waals surface area contributed by atoms with Crippen molar-refractivity contribution >= 4 is 11.6 Å². The molecule has 0 radical (unpaired) electrons. The highest BCUT2D eigenvalue weighted by Gasteiger charge is 2.39. The number of benzene rings is 2. The van der Waals surface area contributed by atoms with Crippen LogP contribution in [0.3, 0.4) is 0 Å². The molecule has 5 rings (SSSR count). The molecule has 4 aromatic rings. The van der Waals surface area contributed by atoms with E-state index in [1.165, 1.54) is 18.9 Å². The molecule has 1 fully saturated rings. The molecule has 2 aromatic carbocycles. The molecular weight excluding hydrogens is 568 g/mol. The molecule has 1 atom stereocenters. The summed E-state index contributed by atoms with van der Waals surface area (Å²) in [6, 6.07) is 6.71. The summed E-state index contributed by atoms with van der Waals surface area (Å²) < 4.78 is 90.0. The first-order chi connectivity index (χ1) is 19.9. The minimum atomic E-state index is -4.83. The van der Waals surface area contributed by atoms with Crippen LogP contribution in [0.5, 0.6) is 5.75 Å². The number of hydrogen-bond acceptors (Lipinski definition) is 6. The molecule has 1 saturated heterocycles. The summed E-state index contributed by atoms with van der Waals surface area (Å²) >= 11 is 0. The zero-order chi connectivity index (χ0) is 30.3. The Kier molecular flexibility index (Phi) is 7.86. The van der Waals surface area contributed by atoms with Crippen molar-refractivity contribution in [2.24, 2.45) is 0 Å². The normalized spacial score (nSPS) is 16.3. The molecule has 0 bridgehead atoms. The second-order valence-electron chi connectivity index (χ2n) is 9.88. The van der Waals surface area contributed by atoms with Crippen LogP contribution in [0, 0.1) is 24.4 Å². The third-order valence-corrected chi connectivity index (χ3v) is 7.25. The van der Waals surface area contributed by atoms with Gasteiger partial charge in [0.15, 0.2) is 23.0 Å². The molecule has 222 valence electrons. The van der Waals surface area contributed by atoms with Crippen molar-refractivity contribution in [2.45, 2.75) is 25.7 Å². The van der Waals surface area contributed by atoms with Gasteiger partial charge >= 0.3 is 6.18 Å². The fourth-order valence-corrected chi connectivity index (χ4v) is 5.19. The Hall–Kier alpha value is -4.17. The topological polar surface area (TPSA) is 83.2 Å². The molecule has 1 N–H and O–H groups in total. The third kappa shape index (κ3) is 5.39. The maximum absolute atomic E-state index is 14.3. The predicted octanol–water partition coefficient (Wildman–Crippen LogP) is 4.47. The monoisotopic (exact) mass is 593 g/mol. The van der Waals surface area contributed by atoms with Crippen LogP contribution in [0.2, 0.25) is 0 Å². The van der Waals surface area contributed by atoms with E-state index in [0.29, 0.717) is 21.9 Å². The summed E-state index contributed by atoms with van der Waals surface area (Å²) in [4.78, 5) is 21.0. The van der Waals surface area contributed by atoms with E-state index in [1.807, 2.05) is 0 Å². The van der Waals surface area contributed by atoms with Gasteiger partial charge in [-0.25, -0.2) is 22.7 Å². The van der Waals surface area contributed by atoms with E-state index in [9.17, 15) is 36.2 Å². The summed E-state index contributed by atoms with van der Waals surface area (Å²) in [5.74, 6) is -3.69. The first-order valence-corrected chi connectivity index (χ1v) is 12.8. The quantitative estimate of drug-likeness (QED) is 0.263. The number of piperazine rings is 1. The van der Waals surface area contributed by atoms with Crippen molar-refractivity contribution < 1.29 is 41.0 Å². The Morgan fingerprint density at radius 2 is 1.83 bits per heavy atom.